The Morgan fingerprint density at radius 3 is 2.43 bits per heavy atom. The van der Waals surface area contributed by atoms with E-state index < -0.39 is 59.2 Å². The number of carbonyl (C=O) groups is 2. The van der Waals surface area contributed by atoms with Crippen LogP contribution in [0.15, 0.2) is 36.5 Å². The summed E-state index contributed by atoms with van der Waals surface area (Å²) in [5.41, 5.74) is 0.0717. The molecule has 1 aromatic carbocycles. The smallest absolute Gasteiger partial charge is 0.417 e. The normalized spacial score (nSPS) is 24.8. The van der Waals surface area contributed by atoms with Gasteiger partial charge in [0.2, 0.25) is 5.88 Å². The molecule has 2 fully saturated rings. The first kappa shape index (κ1) is 31.7. The largest absolute Gasteiger partial charge is 0.481 e. The van der Waals surface area contributed by atoms with Crippen molar-refractivity contribution >= 4 is 11.9 Å². The Hall–Kier alpha value is -3.18. The Balaban J connectivity index is 1.89. The van der Waals surface area contributed by atoms with Crippen LogP contribution in [0.5, 0.6) is 5.88 Å². The van der Waals surface area contributed by atoms with Gasteiger partial charge in [-0.15, -0.1) is 0 Å². The number of amides is 1. The highest BCUT2D eigenvalue weighted by Gasteiger charge is 2.60. The summed E-state index contributed by atoms with van der Waals surface area (Å²) in [6.07, 6.45) is -4.46. The number of carbonyl (C=O) groups excluding carboxylic acids is 1. The summed E-state index contributed by atoms with van der Waals surface area (Å²) < 4.78 is 58.1. The van der Waals surface area contributed by atoms with Gasteiger partial charge in [-0.2, -0.15) is 13.2 Å². The lowest BCUT2D eigenvalue weighted by molar-refractivity contribution is -0.156. The third kappa shape index (κ3) is 6.27. The summed E-state index contributed by atoms with van der Waals surface area (Å²) in [7, 11) is 1.30. The molecule has 2 aliphatic rings. The number of carboxylic acids is 1. The number of hydrogen-bond donors (Lipinski definition) is 1. The first-order chi connectivity index (χ1) is 19.7. The maximum Gasteiger partial charge on any atom is 0.417 e. The summed E-state index contributed by atoms with van der Waals surface area (Å²) in [4.78, 5) is 32.4. The van der Waals surface area contributed by atoms with Crippen LogP contribution < -0.4 is 4.74 Å². The molecule has 1 aromatic heterocycles. The first-order valence-electron chi connectivity index (χ1n) is 14.1. The number of rotatable bonds is 8. The average molecular weight is 593 g/mol. The highest BCUT2D eigenvalue weighted by Crippen LogP contribution is 2.51. The predicted molar refractivity (Wildman–Crippen MR) is 148 cm³/mol. The highest BCUT2D eigenvalue weighted by molar-refractivity contribution is 5.88. The van der Waals surface area contributed by atoms with Gasteiger partial charge in [-0.1, -0.05) is 58.9 Å². The van der Waals surface area contributed by atoms with E-state index in [1.807, 2.05) is 58.9 Å². The molecule has 4 rings (SSSR count). The molecule has 5 atom stereocenters. The zero-order valence-corrected chi connectivity index (χ0v) is 24.8. The van der Waals surface area contributed by atoms with E-state index in [1.165, 1.54) is 12.0 Å². The maximum absolute atomic E-state index is 14.1. The SMILES string of the molecule is COc1ncc(C(F)(F)F)cc1CO[C@H]1[C@H](C(C)(C)C)[C@@H](C(=O)O)N(C(=O)[C@@H]2CCCO2)[C@H]1c1ccccc1C(C)C. The van der Waals surface area contributed by atoms with E-state index >= 15 is 0 Å². The van der Waals surface area contributed by atoms with E-state index in [0.717, 1.165) is 17.2 Å². The van der Waals surface area contributed by atoms with Crippen LogP contribution in [0.2, 0.25) is 0 Å². The van der Waals surface area contributed by atoms with E-state index in [-0.39, 0.29) is 24.0 Å². The third-order valence-electron chi connectivity index (χ3n) is 8.13. The summed E-state index contributed by atoms with van der Waals surface area (Å²) in [5, 5.41) is 10.6. The Morgan fingerprint density at radius 2 is 1.88 bits per heavy atom. The number of benzene rings is 1. The average Bonchev–Trinajstić information content (AvgIpc) is 3.57. The number of nitrogens with zero attached hydrogens (tertiary/aromatic N) is 2. The van der Waals surface area contributed by atoms with Gasteiger partial charge < -0.3 is 24.2 Å². The van der Waals surface area contributed by atoms with Crippen LogP contribution in [0.4, 0.5) is 13.2 Å². The van der Waals surface area contributed by atoms with Crippen molar-refractivity contribution in [1.29, 1.82) is 0 Å². The number of ether oxygens (including phenoxy) is 3. The minimum Gasteiger partial charge on any atom is -0.481 e. The van der Waals surface area contributed by atoms with Gasteiger partial charge >= 0.3 is 12.1 Å². The van der Waals surface area contributed by atoms with E-state index in [2.05, 4.69) is 4.98 Å². The standard InChI is InChI=1S/C31H39F3N2O6/c1-17(2)20-10-7-8-11-21(20)24-26(42-16-18-14-19(31(32,33)34)15-35-27(18)40-6)23(30(3,4)5)25(29(38)39)36(24)28(37)22-12-9-13-41-22/h7-8,10-11,14-15,17,22-26H,9,12-13,16H2,1-6H3,(H,38,39)/t22-,23+,24-,25-,26-/m0/s1. The zero-order valence-electron chi connectivity index (χ0n) is 24.8. The molecule has 8 nitrogen and oxygen atoms in total. The molecular weight excluding hydrogens is 553 g/mol. The molecule has 1 amide bonds. The summed E-state index contributed by atoms with van der Waals surface area (Å²) in [5.74, 6) is -2.34. The van der Waals surface area contributed by atoms with E-state index in [9.17, 15) is 27.9 Å². The fourth-order valence-corrected chi connectivity index (χ4v) is 6.29. The van der Waals surface area contributed by atoms with Gasteiger partial charge in [0.15, 0.2) is 0 Å². The highest BCUT2D eigenvalue weighted by atomic mass is 19.4. The number of alkyl halides is 3. The number of carboxylic acid groups (broad SMARTS) is 1. The molecule has 0 spiro atoms. The second kappa shape index (κ2) is 12.2. The monoisotopic (exact) mass is 592 g/mol. The van der Waals surface area contributed by atoms with Crippen LogP contribution in [-0.4, -0.2) is 58.8 Å². The molecule has 0 unspecified atom stereocenters. The van der Waals surface area contributed by atoms with Crippen molar-refractivity contribution in [3.05, 3.63) is 58.8 Å². The van der Waals surface area contributed by atoms with Crippen LogP contribution in [0, 0.1) is 11.3 Å². The van der Waals surface area contributed by atoms with Crippen molar-refractivity contribution in [3.8, 4) is 5.88 Å². The van der Waals surface area contributed by atoms with E-state index in [4.69, 9.17) is 14.2 Å². The Labute approximate surface area is 244 Å². The van der Waals surface area contributed by atoms with Crippen molar-refractivity contribution in [1.82, 2.24) is 9.88 Å². The first-order valence-corrected chi connectivity index (χ1v) is 14.1. The molecule has 0 radical (unpaired) electrons. The van der Waals surface area contributed by atoms with Crippen molar-refractivity contribution in [3.63, 3.8) is 0 Å². The van der Waals surface area contributed by atoms with Crippen molar-refractivity contribution in [2.45, 2.75) is 90.5 Å². The summed E-state index contributed by atoms with van der Waals surface area (Å²) >= 11 is 0. The number of aliphatic carboxylic acids is 1. The number of likely N-dealkylation sites (tertiary alicyclic amines) is 1. The second-order valence-electron chi connectivity index (χ2n) is 12.3. The molecule has 11 heteroatoms. The molecule has 1 N–H and O–H groups in total. The van der Waals surface area contributed by atoms with Gasteiger partial charge in [0.05, 0.1) is 31.4 Å². The predicted octanol–water partition coefficient (Wildman–Crippen LogP) is 6.00. The lowest BCUT2D eigenvalue weighted by Crippen LogP contribution is -2.50. The molecule has 0 saturated carbocycles. The molecule has 0 bridgehead atoms. The molecule has 2 aromatic rings. The van der Waals surface area contributed by atoms with Crippen LogP contribution in [0.1, 0.15) is 81.7 Å². The van der Waals surface area contributed by atoms with Gasteiger partial charge in [0, 0.05) is 24.3 Å². The van der Waals surface area contributed by atoms with E-state index in [1.54, 1.807) is 0 Å². The summed E-state index contributed by atoms with van der Waals surface area (Å²) in [6, 6.07) is 6.33. The number of methoxy groups -OCH3 is 1. The molecule has 2 saturated heterocycles. The lowest BCUT2D eigenvalue weighted by atomic mass is 9.73. The quantitative estimate of drug-likeness (QED) is 0.402. The minimum atomic E-state index is -4.63. The van der Waals surface area contributed by atoms with Gasteiger partial charge in [-0.3, -0.25) is 4.79 Å². The molecule has 230 valence electrons. The number of hydrogen-bond acceptors (Lipinski definition) is 6. The second-order valence-corrected chi connectivity index (χ2v) is 12.3. The molecular formula is C31H39F3N2O6. The van der Waals surface area contributed by atoms with Gasteiger partial charge in [0.25, 0.3) is 5.91 Å². The van der Waals surface area contributed by atoms with Crippen LogP contribution in [0.3, 0.4) is 0 Å². The van der Waals surface area contributed by atoms with Gasteiger partial charge in [-0.05, 0) is 41.4 Å². The van der Waals surface area contributed by atoms with Crippen molar-refractivity contribution < 1.29 is 42.1 Å². The van der Waals surface area contributed by atoms with Crippen molar-refractivity contribution in [2.24, 2.45) is 11.3 Å². The van der Waals surface area contributed by atoms with E-state index in [0.29, 0.717) is 25.6 Å². The third-order valence-corrected chi connectivity index (χ3v) is 8.13. The lowest BCUT2D eigenvalue weighted by Gasteiger charge is -2.35. The fraction of sp³-hybridized carbons (Fsp3) is 0.581. The van der Waals surface area contributed by atoms with Gasteiger partial charge in [0.1, 0.15) is 12.1 Å². The maximum atomic E-state index is 14.1. The fourth-order valence-electron chi connectivity index (χ4n) is 6.29. The van der Waals surface area contributed by atoms with Crippen LogP contribution in [0.25, 0.3) is 0 Å². The van der Waals surface area contributed by atoms with Crippen LogP contribution >= 0.6 is 0 Å². The van der Waals surface area contributed by atoms with Gasteiger partial charge in [-0.25, -0.2) is 9.78 Å². The Bertz CT molecular complexity index is 1290. The topological polar surface area (TPSA) is 98.2 Å². The molecule has 2 aliphatic heterocycles. The molecule has 42 heavy (non-hydrogen) atoms. The van der Waals surface area contributed by atoms with Crippen LogP contribution in [-0.2, 0) is 31.8 Å². The zero-order chi connectivity index (χ0) is 31.0. The minimum absolute atomic E-state index is 0.0329. The molecule has 3 heterocycles. The Morgan fingerprint density at radius 1 is 1.19 bits per heavy atom. The number of pyridine rings is 1. The molecule has 0 aliphatic carbocycles. The number of halogens is 3. The Kier molecular flexibility index (Phi) is 9.22. The summed E-state index contributed by atoms with van der Waals surface area (Å²) in [6.45, 7) is 9.70. The van der Waals surface area contributed by atoms with Crippen molar-refractivity contribution in [2.75, 3.05) is 13.7 Å². The number of aromatic nitrogens is 1.